The molecule has 0 aliphatic heterocycles. The second-order valence-corrected chi connectivity index (χ2v) is 36.9. The number of carbonyl (C=O) groups excluding carboxylic acids is 4. The fourth-order valence-corrected chi connectivity index (χ4v) is 15.9. The van der Waals surface area contributed by atoms with Gasteiger partial charge in [-0.1, -0.05) is 440 Å². The normalized spacial score (nSPS) is 14.3. The van der Waals surface area contributed by atoms with Crippen molar-refractivity contribution in [2.24, 2.45) is 17.8 Å². The third kappa shape index (κ3) is 82.9. The molecule has 0 aromatic carbocycles. The maximum atomic E-state index is 13.2. The number of hydrogen-bond donors (Lipinski definition) is 3. The highest BCUT2D eigenvalue weighted by atomic mass is 31.2. The molecule has 0 saturated carbocycles. The predicted molar refractivity (Wildman–Crippen MR) is 460 cm³/mol. The third-order valence-electron chi connectivity index (χ3n) is 22.4. The first kappa shape index (κ1) is 109. The van der Waals surface area contributed by atoms with Gasteiger partial charge in [0, 0.05) is 25.7 Å². The van der Waals surface area contributed by atoms with Gasteiger partial charge < -0.3 is 33.8 Å². The summed E-state index contributed by atoms with van der Waals surface area (Å²) < 4.78 is 69.1. The standard InChI is InChI=1S/C92H180O17P2/c1-8-11-12-13-14-15-16-17-18-19-20-21-22-23-27-30-33-39-44-52-59-66-73-89(94)102-79-87(108-91(96)75-68-61-54-45-40-34-31-28-25-24-26-29-32-38-43-50-57-64-71-84(6)9-2)81-106-110(98,99)104-77-86(93)78-105-111(100,101)107-82-88(80-103-90(95)74-67-60-53-48-47-51-58-65-72-85(7)10-3)109-92(97)76-69-62-55-46-41-36-35-37-42-49-56-63-70-83(4)5/h83-88,93H,8-82H2,1-7H3,(H,98,99)(H,100,101)/t84?,85?,86-,87-,88-/m1/s1. The van der Waals surface area contributed by atoms with Crippen molar-refractivity contribution in [2.75, 3.05) is 39.6 Å². The minimum Gasteiger partial charge on any atom is -0.462 e. The fraction of sp³-hybridized carbons (Fsp3) is 0.957. The number of esters is 4. The number of phosphoric ester groups is 2. The Balaban J connectivity index is 5.24. The van der Waals surface area contributed by atoms with Crippen molar-refractivity contribution in [3.63, 3.8) is 0 Å². The van der Waals surface area contributed by atoms with Gasteiger partial charge in [-0.3, -0.25) is 37.3 Å². The second kappa shape index (κ2) is 81.8. The van der Waals surface area contributed by atoms with E-state index in [1.54, 1.807) is 0 Å². The van der Waals surface area contributed by atoms with Crippen LogP contribution in [0.2, 0.25) is 0 Å². The van der Waals surface area contributed by atoms with Crippen LogP contribution in [-0.4, -0.2) is 96.7 Å². The lowest BCUT2D eigenvalue weighted by Crippen LogP contribution is -2.30. The first-order valence-corrected chi connectivity index (χ1v) is 50.4. The summed E-state index contributed by atoms with van der Waals surface area (Å²) in [5, 5.41) is 10.7. The summed E-state index contributed by atoms with van der Waals surface area (Å²) in [6.45, 7) is 12.1. The van der Waals surface area contributed by atoms with E-state index in [-0.39, 0.29) is 25.7 Å². The SMILES string of the molecule is CCCCCCCCCCCCCCCCCCCCCCCCC(=O)OC[C@H](COP(=O)(O)OC[C@@H](O)COP(=O)(O)OC[C@@H](COC(=O)CCCCCCCCCCC(C)CC)OC(=O)CCCCCCCCCCCCCCC(C)C)OC(=O)CCCCCCCCCCCCCCCCCCCCC(C)CC. The van der Waals surface area contributed by atoms with Crippen molar-refractivity contribution >= 4 is 39.5 Å². The fourth-order valence-electron chi connectivity index (χ4n) is 14.4. The Labute approximate surface area is 683 Å². The van der Waals surface area contributed by atoms with E-state index in [9.17, 15) is 43.2 Å². The van der Waals surface area contributed by atoms with E-state index in [0.717, 1.165) is 108 Å². The van der Waals surface area contributed by atoms with Crippen LogP contribution in [0.5, 0.6) is 0 Å². The molecule has 0 spiro atoms. The summed E-state index contributed by atoms with van der Waals surface area (Å²) in [4.78, 5) is 73.4. The van der Waals surface area contributed by atoms with Gasteiger partial charge in [0.15, 0.2) is 12.2 Å². The molecule has 0 heterocycles. The molecule has 0 aromatic heterocycles. The van der Waals surface area contributed by atoms with E-state index >= 15 is 0 Å². The zero-order valence-corrected chi connectivity index (χ0v) is 75.2. The van der Waals surface area contributed by atoms with Gasteiger partial charge in [0.25, 0.3) is 0 Å². The number of phosphoric acid groups is 2. The highest BCUT2D eigenvalue weighted by molar-refractivity contribution is 7.47. The van der Waals surface area contributed by atoms with E-state index in [1.807, 2.05) is 0 Å². The highest BCUT2D eigenvalue weighted by Crippen LogP contribution is 2.45. The van der Waals surface area contributed by atoms with E-state index in [1.165, 1.54) is 302 Å². The van der Waals surface area contributed by atoms with Gasteiger partial charge in [0.1, 0.15) is 19.3 Å². The Morgan fingerprint density at radius 1 is 0.261 bits per heavy atom. The summed E-state index contributed by atoms with van der Waals surface area (Å²) >= 11 is 0. The second-order valence-electron chi connectivity index (χ2n) is 34.0. The highest BCUT2D eigenvalue weighted by Gasteiger charge is 2.31. The molecular weight excluding hydrogens is 1440 g/mol. The van der Waals surface area contributed by atoms with Gasteiger partial charge in [0.05, 0.1) is 26.4 Å². The molecule has 0 aliphatic carbocycles. The van der Waals surface area contributed by atoms with E-state index in [2.05, 4.69) is 48.5 Å². The lowest BCUT2D eigenvalue weighted by molar-refractivity contribution is -0.161. The molecule has 0 saturated heterocycles. The molecule has 0 amide bonds. The maximum absolute atomic E-state index is 13.2. The van der Waals surface area contributed by atoms with Crippen LogP contribution in [0.25, 0.3) is 0 Å². The average molecular weight is 1620 g/mol. The molecule has 3 N–H and O–H groups in total. The van der Waals surface area contributed by atoms with E-state index in [4.69, 9.17) is 37.0 Å². The Morgan fingerprint density at radius 3 is 0.685 bits per heavy atom. The number of carbonyl (C=O) groups is 4. The smallest absolute Gasteiger partial charge is 0.462 e. The number of ether oxygens (including phenoxy) is 4. The van der Waals surface area contributed by atoms with Crippen LogP contribution in [-0.2, 0) is 65.4 Å². The number of unbranched alkanes of at least 4 members (excludes halogenated alkanes) is 56. The zero-order valence-electron chi connectivity index (χ0n) is 73.4. The summed E-state index contributed by atoms with van der Waals surface area (Å²) in [5.74, 6) is 0.326. The van der Waals surface area contributed by atoms with Gasteiger partial charge in [-0.05, 0) is 43.4 Å². The molecule has 111 heavy (non-hydrogen) atoms. The van der Waals surface area contributed by atoms with Crippen LogP contribution < -0.4 is 0 Å². The van der Waals surface area contributed by atoms with Crippen molar-refractivity contribution in [2.45, 2.75) is 510 Å². The van der Waals surface area contributed by atoms with Crippen LogP contribution in [0.4, 0.5) is 0 Å². The Hall–Kier alpha value is -1.94. The van der Waals surface area contributed by atoms with E-state index < -0.39 is 97.5 Å². The summed E-state index contributed by atoms with van der Waals surface area (Å²) in [6.07, 6.45) is 75.1. The Morgan fingerprint density at radius 2 is 0.459 bits per heavy atom. The molecule has 0 radical (unpaired) electrons. The summed E-state index contributed by atoms with van der Waals surface area (Å²) in [5.41, 5.74) is 0. The largest absolute Gasteiger partial charge is 0.472 e. The first-order chi connectivity index (χ1) is 53.8. The molecule has 7 atom stereocenters. The number of rotatable bonds is 90. The van der Waals surface area contributed by atoms with Crippen molar-refractivity contribution in [1.82, 2.24) is 0 Å². The quantitative estimate of drug-likeness (QED) is 0.0222. The summed E-state index contributed by atoms with van der Waals surface area (Å²) in [7, 11) is -9.94. The maximum Gasteiger partial charge on any atom is 0.472 e. The van der Waals surface area contributed by atoms with Gasteiger partial charge in [-0.2, -0.15) is 0 Å². The molecule has 0 aliphatic rings. The lowest BCUT2D eigenvalue weighted by atomic mass is 9.99. The summed E-state index contributed by atoms with van der Waals surface area (Å²) in [6, 6.07) is 0. The van der Waals surface area contributed by atoms with Crippen molar-refractivity contribution in [3.8, 4) is 0 Å². The molecule has 0 aromatic rings. The molecule has 19 heteroatoms. The van der Waals surface area contributed by atoms with Crippen LogP contribution in [0.3, 0.4) is 0 Å². The molecule has 17 nitrogen and oxygen atoms in total. The van der Waals surface area contributed by atoms with Gasteiger partial charge in [0.2, 0.25) is 0 Å². The number of aliphatic hydroxyl groups is 1. The van der Waals surface area contributed by atoms with Crippen LogP contribution >= 0.6 is 15.6 Å². The van der Waals surface area contributed by atoms with Crippen LogP contribution in [0.1, 0.15) is 492 Å². The third-order valence-corrected chi connectivity index (χ3v) is 24.3. The van der Waals surface area contributed by atoms with Crippen LogP contribution in [0, 0.1) is 17.8 Å². The average Bonchev–Trinajstić information content (AvgIpc) is 0.901. The zero-order chi connectivity index (χ0) is 81.5. The monoisotopic (exact) mass is 1620 g/mol. The molecule has 0 rings (SSSR count). The molecule has 4 unspecified atom stereocenters. The Kier molecular flexibility index (Phi) is 80.4. The first-order valence-electron chi connectivity index (χ1n) is 47.4. The lowest BCUT2D eigenvalue weighted by Gasteiger charge is -2.21. The van der Waals surface area contributed by atoms with Gasteiger partial charge >= 0.3 is 39.5 Å². The van der Waals surface area contributed by atoms with Gasteiger partial charge in [-0.25, -0.2) is 9.13 Å². The van der Waals surface area contributed by atoms with Gasteiger partial charge in [-0.15, -0.1) is 0 Å². The molecular formula is C92H180O17P2. The van der Waals surface area contributed by atoms with Crippen molar-refractivity contribution in [3.05, 3.63) is 0 Å². The topological polar surface area (TPSA) is 237 Å². The molecule has 0 bridgehead atoms. The van der Waals surface area contributed by atoms with Crippen LogP contribution in [0.15, 0.2) is 0 Å². The minimum atomic E-state index is -4.97. The number of aliphatic hydroxyl groups excluding tert-OH is 1. The number of hydrogen-bond acceptors (Lipinski definition) is 15. The Bertz CT molecular complexity index is 2130. The van der Waals surface area contributed by atoms with Crippen molar-refractivity contribution < 1.29 is 80.2 Å². The predicted octanol–water partition coefficient (Wildman–Crippen LogP) is 28.4. The minimum absolute atomic E-state index is 0.107. The molecule has 660 valence electrons. The van der Waals surface area contributed by atoms with Crippen molar-refractivity contribution in [1.29, 1.82) is 0 Å². The molecule has 0 fully saturated rings. The van der Waals surface area contributed by atoms with E-state index in [0.29, 0.717) is 25.7 Å².